The fraction of sp³-hybridized carbons (Fsp3) is 0. The molecule has 0 amide bonds. The van der Waals surface area contributed by atoms with Crippen molar-refractivity contribution in [3.05, 3.63) is 0 Å². The van der Waals surface area contributed by atoms with Gasteiger partial charge >= 0.3 is 103 Å². The van der Waals surface area contributed by atoms with Gasteiger partial charge in [0.25, 0.3) is 0 Å². The first-order valence-electron chi connectivity index (χ1n) is 0.730. The maximum absolute atomic E-state index is 8.55. The molecule has 0 aromatic rings. The molecule has 8 heavy (non-hydrogen) atoms. The number of hydrogen-bond acceptors (Lipinski definition) is 4. The monoisotopic (exact) mass is 287 g/mol. The van der Waals surface area contributed by atoms with E-state index in [0.29, 0.717) is 0 Å². The smallest absolute Gasteiger partial charge is 0.822 e. The molecule has 4 nitrogen and oxygen atoms in total. The molecule has 0 radical (unpaired) electrons. The van der Waals surface area contributed by atoms with Crippen molar-refractivity contribution in [2.75, 3.05) is 0 Å². The van der Waals surface area contributed by atoms with E-state index in [2.05, 4.69) is 0 Å². The van der Waals surface area contributed by atoms with Crippen LogP contribution in [-0.4, -0.2) is 83.2 Å². The third-order valence-electron chi connectivity index (χ3n) is 0. The summed E-state index contributed by atoms with van der Waals surface area (Å²) in [5.41, 5.74) is 0. The molecule has 0 rings (SSSR count). The van der Waals surface area contributed by atoms with E-state index in [1.807, 2.05) is 0 Å². The SMILES string of the molecule is O=P([O-])([O-])[O-].[Ca+2].[Sr+2].[Zn+2]. The van der Waals surface area contributed by atoms with Gasteiger partial charge < -0.3 is 19.2 Å². The third-order valence-corrected chi connectivity index (χ3v) is 0. The Hall–Kier alpha value is 3.47. The molecule has 8 heteroatoms. The summed E-state index contributed by atoms with van der Waals surface area (Å²) in [4.78, 5) is 25.6. The molecular formula is CaO4PSrZn+3. The topological polar surface area (TPSA) is 86.2 Å². The first-order valence-corrected chi connectivity index (χ1v) is 2.19. The van der Waals surface area contributed by atoms with Crippen LogP contribution in [-0.2, 0) is 24.0 Å². The number of hydrogen-bond donors (Lipinski definition) is 0. The molecule has 0 aliphatic rings. The summed E-state index contributed by atoms with van der Waals surface area (Å²) < 4.78 is 8.55. The van der Waals surface area contributed by atoms with Gasteiger partial charge in [0.05, 0.1) is 0 Å². The van der Waals surface area contributed by atoms with Crippen molar-refractivity contribution >= 4 is 91.0 Å². The molecule has 0 N–H and O–H groups in total. The van der Waals surface area contributed by atoms with Crippen molar-refractivity contribution in [1.82, 2.24) is 0 Å². The van der Waals surface area contributed by atoms with Crippen molar-refractivity contribution in [1.29, 1.82) is 0 Å². The van der Waals surface area contributed by atoms with Gasteiger partial charge in [0.1, 0.15) is 0 Å². The summed E-state index contributed by atoms with van der Waals surface area (Å²) >= 11 is 0. The van der Waals surface area contributed by atoms with Crippen molar-refractivity contribution in [2.45, 2.75) is 0 Å². The van der Waals surface area contributed by atoms with E-state index in [4.69, 9.17) is 19.2 Å². The van der Waals surface area contributed by atoms with Crippen LogP contribution in [0.5, 0.6) is 0 Å². The average molecular weight is 288 g/mol. The van der Waals surface area contributed by atoms with Gasteiger partial charge in [0.15, 0.2) is 0 Å². The van der Waals surface area contributed by atoms with Crippen LogP contribution in [0.15, 0.2) is 0 Å². The molecule has 0 saturated carbocycles. The number of rotatable bonds is 0. The molecular weight excluding hydrogens is 288 g/mol. The van der Waals surface area contributed by atoms with Crippen LogP contribution in [0.4, 0.5) is 0 Å². The van der Waals surface area contributed by atoms with Crippen LogP contribution in [0.3, 0.4) is 0 Å². The average Bonchev–Trinajstić information content (AvgIpc) is 0.722. The zero-order chi connectivity index (χ0) is 4.50. The molecule has 32 valence electrons. The predicted octanol–water partition coefficient (Wildman–Crippen LogP) is -3.59. The minimum absolute atomic E-state index is 0. The Kier molecular flexibility index (Phi) is 29.5. The van der Waals surface area contributed by atoms with E-state index in [9.17, 15) is 0 Å². The standard InChI is InChI=1S/Ca.H3O4P.Sr.Zn/c;1-5(2,3)4;;/h;(H3,1,2,3,4);;/q+2;;2*+2/p-3. The van der Waals surface area contributed by atoms with Crippen LogP contribution in [0.2, 0.25) is 0 Å². The zero-order valence-corrected chi connectivity index (χ0v) is 13.7. The van der Waals surface area contributed by atoms with Crippen molar-refractivity contribution in [2.24, 2.45) is 0 Å². The van der Waals surface area contributed by atoms with Gasteiger partial charge in [-0.15, -0.1) is 0 Å². The summed E-state index contributed by atoms with van der Waals surface area (Å²) in [5.74, 6) is 0. The Morgan fingerprint density at radius 2 is 1.12 bits per heavy atom. The fourth-order valence-electron chi connectivity index (χ4n) is 0. The molecule has 0 heterocycles. The molecule has 0 aromatic carbocycles. The van der Waals surface area contributed by atoms with Crippen LogP contribution in [0.1, 0.15) is 0 Å². The van der Waals surface area contributed by atoms with E-state index >= 15 is 0 Å². The van der Waals surface area contributed by atoms with E-state index in [1.165, 1.54) is 0 Å². The number of phosphoric acid groups is 1. The molecule has 0 unspecified atom stereocenters. The van der Waals surface area contributed by atoms with Crippen molar-refractivity contribution in [3.8, 4) is 0 Å². The van der Waals surface area contributed by atoms with Gasteiger partial charge in [-0.3, -0.25) is 0 Å². The molecule has 0 spiro atoms. The Morgan fingerprint density at radius 3 is 1.12 bits per heavy atom. The van der Waals surface area contributed by atoms with Crippen LogP contribution < -0.4 is 14.7 Å². The van der Waals surface area contributed by atoms with Crippen LogP contribution in [0.25, 0.3) is 0 Å². The maximum atomic E-state index is 8.55. The zero-order valence-electron chi connectivity index (χ0n) is 4.20. The molecule has 0 fully saturated rings. The Bertz CT molecular complexity index is 62.2. The maximum Gasteiger partial charge on any atom is 2.00 e. The van der Waals surface area contributed by atoms with E-state index in [-0.39, 0.29) is 103 Å². The third kappa shape index (κ3) is 56.4. The van der Waals surface area contributed by atoms with Gasteiger partial charge in [-0.2, -0.15) is 7.82 Å². The van der Waals surface area contributed by atoms with Gasteiger partial charge in [0.2, 0.25) is 0 Å². The summed E-state index contributed by atoms with van der Waals surface area (Å²) in [6, 6.07) is 0. The van der Waals surface area contributed by atoms with E-state index < -0.39 is 7.82 Å². The first kappa shape index (κ1) is 22.5. The molecule has 0 saturated heterocycles. The molecule has 0 aliphatic heterocycles. The van der Waals surface area contributed by atoms with Gasteiger partial charge in [-0.25, -0.2) is 0 Å². The van der Waals surface area contributed by atoms with E-state index in [1.54, 1.807) is 0 Å². The summed E-state index contributed by atoms with van der Waals surface area (Å²) in [6.45, 7) is 0. The second-order valence-corrected chi connectivity index (χ2v) is 1.34. The van der Waals surface area contributed by atoms with Crippen LogP contribution >= 0.6 is 7.82 Å². The van der Waals surface area contributed by atoms with Gasteiger partial charge in [0, 0.05) is 0 Å². The van der Waals surface area contributed by atoms with Crippen LogP contribution in [0, 0.1) is 0 Å². The van der Waals surface area contributed by atoms with Crippen molar-refractivity contribution in [3.63, 3.8) is 0 Å². The molecule has 0 atom stereocenters. The minimum Gasteiger partial charge on any atom is -0.822 e. The predicted molar refractivity (Wildman–Crippen MR) is 19.1 cm³/mol. The second-order valence-electron chi connectivity index (χ2n) is 0.447. The Balaban J connectivity index is -0.0000000267. The second kappa shape index (κ2) is 10.5. The van der Waals surface area contributed by atoms with Crippen molar-refractivity contribution < 1.29 is 38.7 Å². The molecule has 0 aromatic heterocycles. The largest absolute Gasteiger partial charge is 2.00 e. The molecule has 0 aliphatic carbocycles. The Labute approximate surface area is 127 Å². The summed E-state index contributed by atoms with van der Waals surface area (Å²) in [7, 11) is -5.39. The molecule has 0 bridgehead atoms. The quantitative estimate of drug-likeness (QED) is 0.340. The minimum atomic E-state index is -5.39. The fourth-order valence-corrected chi connectivity index (χ4v) is 0. The first-order chi connectivity index (χ1) is 2.00. The van der Waals surface area contributed by atoms with Gasteiger partial charge in [-0.05, 0) is 0 Å². The Morgan fingerprint density at radius 1 is 1.12 bits per heavy atom. The summed E-state index contributed by atoms with van der Waals surface area (Å²) in [5, 5.41) is 0. The van der Waals surface area contributed by atoms with Gasteiger partial charge in [-0.1, -0.05) is 0 Å². The normalized spacial score (nSPS) is 7.38. The summed E-state index contributed by atoms with van der Waals surface area (Å²) in [6.07, 6.45) is 0. The van der Waals surface area contributed by atoms with E-state index in [0.717, 1.165) is 0 Å².